The first-order valence-electron chi connectivity index (χ1n) is 10.7. The molecule has 1 heterocycles. The number of benzene rings is 1. The van der Waals surface area contributed by atoms with E-state index in [1.807, 2.05) is 30.5 Å². The Bertz CT molecular complexity index is 851. The van der Waals surface area contributed by atoms with Gasteiger partial charge >= 0.3 is 34.2 Å². The molecular formula is C21H36BrNO5Si4. The van der Waals surface area contributed by atoms with Gasteiger partial charge in [0.1, 0.15) is 0 Å². The highest BCUT2D eigenvalue weighted by Gasteiger charge is 2.44. The van der Waals surface area contributed by atoms with Gasteiger partial charge in [-0.05, 0) is 81.7 Å². The summed E-state index contributed by atoms with van der Waals surface area (Å²) in [4.78, 5) is 4.14. The molecule has 0 aliphatic rings. The first-order valence-corrected chi connectivity index (χ1v) is 22.7. The number of nitrogens with zero attached hydrogens (tertiary/aromatic N) is 1. The second-order valence-electron chi connectivity index (χ2n) is 9.47. The van der Waals surface area contributed by atoms with Gasteiger partial charge < -0.3 is 21.2 Å². The van der Waals surface area contributed by atoms with Crippen molar-refractivity contribution in [3.8, 4) is 0 Å². The molecule has 1 aromatic heterocycles. The van der Waals surface area contributed by atoms with Crippen molar-refractivity contribution in [2.75, 3.05) is 0 Å². The van der Waals surface area contributed by atoms with Crippen LogP contribution in [0.3, 0.4) is 0 Å². The third-order valence-corrected chi connectivity index (χ3v) is 18.3. The Morgan fingerprint density at radius 1 is 0.656 bits per heavy atom. The van der Waals surface area contributed by atoms with Crippen LogP contribution in [-0.2, 0) is 34.4 Å². The minimum atomic E-state index is -2.49. The van der Waals surface area contributed by atoms with E-state index in [9.17, 15) is 0 Å². The molecule has 178 valence electrons. The Hall–Kier alpha value is -0.482. The van der Waals surface area contributed by atoms with E-state index in [-0.39, 0.29) is 0 Å². The Morgan fingerprint density at radius 3 is 1.59 bits per heavy atom. The summed E-state index contributed by atoms with van der Waals surface area (Å²) >= 11 is 3.46. The van der Waals surface area contributed by atoms with E-state index in [0.29, 0.717) is 13.2 Å². The zero-order valence-corrected chi connectivity index (χ0v) is 26.0. The molecular weight excluding hydrogens is 538 g/mol. The van der Waals surface area contributed by atoms with E-state index in [1.165, 1.54) is 0 Å². The zero-order valence-electron chi connectivity index (χ0n) is 20.4. The van der Waals surface area contributed by atoms with E-state index >= 15 is 0 Å². The molecule has 0 spiro atoms. The van der Waals surface area contributed by atoms with Gasteiger partial charge in [-0.25, -0.2) is 0 Å². The average Bonchev–Trinajstić information content (AvgIpc) is 2.64. The predicted molar refractivity (Wildman–Crippen MR) is 141 cm³/mol. The molecule has 0 radical (unpaired) electrons. The molecule has 2 aromatic rings. The molecule has 11 heteroatoms. The fraction of sp³-hybridized carbons (Fsp3) is 0.476. The largest absolute Gasteiger partial charge is 0.416 e. The number of aromatic nitrogens is 1. The summed E-state index contributed by atoms with van der Waals surface area (Å²) in [7, 11) is -9.75. The van der Waals surface area contributed by atoms with Crippen LogP contribution in [0, 0.1) is 0 Å². The summed E-state index contributed by atoms with van der Waals surface area (Å²) in [6.45, 7) is 17.5. The molecule has 0 saturated carbocycles. The van der Waals surface area contributed by atoms with Crippen molar-refractivity contribution >= 4 is 50.2 Å². The maximum atomic E-state index is 6.54. The highest BCUT2D eigenvalue weighted by molar-refractivity contribution is 9.10. The maximum Gasteiger partial charge on any atom is 0.323 e. The van der Waals surface area contributed by atoms with Crippen LogP contribution in [0.5, 0.6) is 0 Å². The maximum absolute atomic E-state index is 6.54. The third kappa shape index (κ3) is 10.6. The number of hydrogen-bond acceptors (Lipinski definition) is 6. The summed E-state index contributed by atoms with van der Waals surface area (Å²) in [5.74, 6) is 0. The van der Waals surface area contributed by atoms with Crippen molar-refractivity contribution in [1.29, 1.82) is 0 Å². The molecule has 0 N–H and O–H groups in total. The van der Waals surface area contributed by atoms with Crippen LogP contribution in [0.4, 0.5) is 0 Å². The van der Waals surface area contributed by atoms with Crippen molar-refractivity contribution in [2.24, 2.45) is 0 Å². The van der Waals surface area contributed by atoms with Crippen molar-refractivity contribution in [3.05, 3.63) is 64.4 Å². The van der Waals surface area contributed by atoms with Crippen molar-refractivity contribution < 1.29 is 21.2 Å². The standard InChI is InChI=1S/C21H36BrNO5Si4/c1-29(2,24-17-19-11-13-21(22)14-12-19)26-31(5,6)28-32(7,8)27-30(3,4)25-18-20-10-9-15-23-16-20/h9-16H,17-18H2,1-8H3. The number of halogens is 1. The lowest BCUT2D eigenvalue weighted by Gasteiger charge is -2.40. The van der Waals surface area contributed by atoms with Gasteiger partial charge in [0.25, 0.3) is 0 Å². The summed E-state index contributed by atoms with van der Waals surface area (Å²) < 4.78 is 32.9. The lowest BCUT2D eigenvalue weighted by molar-refractivity contribution is 0.201. The molecule has 2 rings (SSSR count). The molecule has 6 nitrogen and oxygen atoms in total. The minimum Gasteiger partial charge on any atom is -0.416 e. The van der Waals surface area contributed by atoms with Crippen LogP contribution < -0.4 is 0 Å². The Kier molecular flexibility index (Phi) is 9.80. The van der Waals surface area contributed by atoms with Crippen molar-refractivity contribution in [1.82, 2.24) is 4.98 Å². The van der Waals surface area contributed by atoms with Gasteiger partial charge in [0.05, 0.1) is 13.2 Å². The van der Waals surface area contributed by atoms with Gasteiger partial charge in [0, 0.05) is 16.9 Å². The van der Waals surface area contributed by atoms with Gasteiger partial charge in [0.15, 0.2) is 0 Å². The first kappa shape index (κ1) is 27.8. The Labute approximate surface area is 205 Å². The van der Waals surface area contributed by atoms with E-state index in [1.54, 1.807) is 6.20 Å². The van der Waals surface area contributed by atoms with Gasteiger partial charge in [-0.15, -0.1) is 0 Å². The number of hydrogen-bond donors (Lipinski definition) is 0. The van der Waals surface area contributed by atoms with Gasteiger partial charge in [-0.3, -0.25) is 4.98 Å². The Balaban J connectivity index is 1.90. The number of pyridine rings is 1. The molecule has 0 atom stereocenters. The van der Waals surface area contributed by atoms with E-state index < -0.39 is 34.2 Å². The SMILES string of the molecule is C[Si](C)(OCc1ccc(Br)cc1)O[Si](C)(C)O[Si](C)(C)O[Si](C)(C)OCc1cccnc1. The Morgan fingerprint density at radius 2 is 1.12 bits per heavy atom. The highest BCUT2D eigenvalue weighted by atomic mass is 79.9. The minimum absolute atomic E-state index is 0.485. The molecule has 32 heavy (non-hydrogen) atoms. The van der Waals surface area contributed by atoms with Crippen LogP contribution in [0.2, 0.25) is 52.4 Å². The summed E-state index contributed by atoms with van der Waals surface area (Å²) in [5, 5.41) is 0. The number of rotatable bonds is 12. The van der Waals surface area contributed by atoms with Crippen LogP contribution >= 0.6 is 15.9 Å². The van der Waals surface area contributed by atoms with Gasteiger partial charge in [-0.1, -0.05) is 34.1 Å². The topological polar surface area (TPSA) is 59.0 Å². The van der Waals surface area contributed by atoms with Crippen LogP contribution in [0.25, 0.3) is 0 Å². The van der Waals surface area contributed by atoms with E-state index in [0.717, 1.165) is 15.6 Å². The summed E-state index contributed by atoms with van der Waals surface area (Å²) in [5.41, 5.74) is 2.15. The van der Waals surface area contributed by atoms with Crippen LogP contribution in [0.1, 0.15) is 11.1 Å². The molecule has 0 bridgehead atoms. The highest BCUT2D eigenvalue weighted by Crippen LogP contribution is 2.25. The third-order valence-electron chi connectivity index (χ3n) is 4.28. The lowest BCUT2D eigenvalue weighted by Crippen LogP contribution is -2.57. The molecule has 0 aliphatic heterocycles. The second kappa shape index (κ2) is 11.3. The fourth-order valence-corrected chi connectivity index (χ4v) is 20.5. The summed E-state index contributed by atoms with van der Waals surface area (Å²) in [6, 6.07) is 12.0. The molecule has 1 aromatic carbocycles. The molecule has 0 saturated heterocycles. The smallest absolute Gasteiger partial charge is 0.323 e. The van der Waals surface area contributed by atoms with Gasteiger partial charge in [0.2, 0.25) is 0 Å². The predicted octanol–water partition coefficient (Wildman–Crippen LogP) is 6.43. The van der Waals surface area contributed by atoms with E-state index in [4.69, 9.17) is 21.2 Å². The first-order chi connectivity index (χ1) is 14.7. The molecule has 0 aliphatic carbocycles. The van der Waals surface area contributed by atoms with Crippen molar-refractivity contribution in [3.63, 3.8) is 0 Å². The van der Waals surface area contributed by atoms with E-state index in [2.05, 4.69) is 85.4 Å². The molecule has 0 unspecified atom stereocenters. The summed E-state index contributed by atoms with van der Waals surface area (Å²) in [6.07, 6.45) is 3.57. The van der Waals surface area contributed by atoms with Gasteiger partial charge in [-0.2, -0.15) is 0 Å². The second-order valence-corrected chi connectivity index (χ2v) is 24.6. The normalized spacial score (nSPS) is 13.4. The average molecular weight is 575 g/mol. The fourth-order valence-electron chi connectivity index (χ4n) is 3.45. The lowest BCUT2D eigenvalue weighted by atomic mass is 10.2. The zero-order chi connectivity index (χ0) is 24.0. The monoisotopic (exact) mass is 573 g/mol. The molecule has 0 fully saturated rings. The molecule has 0 amide bonds. The quantitative estimate of drug-likeness (QED) is 0.272. The van der Waals surface area contributed by atoms with Crippen molar-refractivity contribution in [2.45, 2.75) is 65.6 Å². The van der Waals surface area contributed by atoms with Crippen LogP contribution in [0.15, 0.2) is 53.3 Å². The van der Waals surface area contributed by atoms with Crippen LogP contribution in [-0.4, -0.2) is 39.2 Å².